The zero-order chi connectivity index (χ0) is 19.6. The van der Waals surface area contributed by atoms with Crippen LogP contribution in [-0.4, -0.2) is 33.9 Å². The number of alkyl halides is 3. The zero-order valence-electron chi connectivity index (χ0n) is 14.6. The molecule has 3 rings (SSSR count). The topological polar surface area (TPSA) is 46.9 Å². The Balaban J connectivity index is 1.89. The minimum Gasteiger partial charge on any atom is -0.347 e. The normalized spacial score (nSPS) is 20.5. The molecule has 2 aromatic rings. The lowest BCUT2D eigenvalue weighted by atomic mass is 9.84. The zero-order valence-corrected chi connectivity index (χ0v) is 15.4. The molecule has 146 valence electrons. The Morgan fingerprint density at radius 1 is 1.22 bits per heavy atom. The molecule has 1 amide bonds. The van der Waals surface area contributed by atoms with E-state index in [9.17, 15) is 22.4 Å². The van der Waals surface area contributed by atoms with Crippen molar-refractivity contribution in [1.29, 1.82) is 0 Å². The van der Waals surface area contributed by atoms with Crippen molar-refractivity contribution in [3.8, 4) is 5.69 Å². The Morgan fingerprint density at radius 2 is 1.89 bits per heavy atom. The Morgan fingerprint density at radius 3 is 2.52 bits per heavy atom. The van der Waals surface area contributed by atoms with E-state index in [-0.39, 0.29) is 18.5 Å². The summed E-state index contributed by atoms with van der Waals surface area (Å²) >= 11 is 1.28. The second kappa shape index (κ2) is 7.92. The number of nitrogens with zero attached hydrogens (tertiary/aromatic N) is 2. The molecule has 0 radical (unpaired) electrons. The van der Waals surface area contributed by atoms with E-state index < -0.39 is 29.9 Å². The summed E-state index contributed by atoms with van der Waals surface area (Å²) in [6.45, 7) is 0. The van der Waals surface area contributed by atoms with Crippen LogP contribution in [0, 0.1) is 11.7 Å². The summed E-state index contributed by atoms with van der Waals surface area (Å²) in [5, 5.41) is 3.04. The van der Waals surface area contributed by atoms with Gasteiger partial charge in [0.1, 0.15) is 11.5 Å². The highest BCUT2D eigenvalue weighted by molar-refractivity contribution is 7.98. The third-order valence-electron chi connectivity index (χ3n) is 4.73. The van der Waals surface area contributed by atoms with Crippen LogP contribution in [0.25, 0.3) is 5.69 Å². The molecule has 1 aliphatic carbocycles. The number of rotatable bonds is 4. The maximum atomic E-state index is 13.3. The SMILES string of the molecule is CSc1ncc(C(=O)NC2CCCCC2C(F)(F)F)n1-c1ccc(F)cc1. The number of benzene rings is 1. The van der Waals surface area contributed by atoms with Crippen molar-refractivity contribution in [3.05, 3.63) is 42.0 Å². The lowest BCUT2D eigenvalue weighted by Crippen LogP contribution is -2.48. The number of nitrogens with one attached hydrogen (secondary N) is 1. The fourth-order valence-electron chi connectivity index (χ4n) is 3.42. The predicted molar refractivity (Wildman–Crippen MR) is 94.6 cm³/mol. The number of halogens is 4. The summed E-state index contributed by atoms with van der Waals surface area (Å²) in [6.07, 6.45) is 0.198. The van der Waals surface area contributed by atoms with Gasteiger partial charge in [-0.05, 0) is 43.4 Å². The van der Waals surface area contributed by atoms with Crippen molar-refractivity contribution in [2.45, 2.75) is 43.1 Å². The maximum absolute atomic E-state index is 13.3. The number of carbonyl (C=O) groups is 1. The van der Waals surface area contributed by atoms with E-state index in [0.29, 0.717) is 23.7 Å². The van der Waals surface area contributed by atoms with Crippen LogP contribution in [0.15, 0.2) is 35.6 Å². The van der Waals surface area contributed by atoms with Gasteiger partial charge in [0, 0.05) is 11.7 Å². The summed E-state index contributed by atoms with van der Waals surface area (Å²) < 4.78 is 54.6. The first-order chi connectivity index (χ1) is 12.8. The third kappa shape index (κ3) is 4.28. The van der Waals surface area contributed by atoms with E-state index in [0.717, 1.165) is 0 Å². The number of hydrogen-bond acceptors (Lipinski definition) is 3. The Kier molecular flexibility index (Phi) is 5.78. The largest absolute Gasteiger partial charge is 0.393 e. The van der Waals surface area contributed by atoms with E-state index in [1.165, 1.54) is 46.8 Å². The van der Waals surface area contributed by atoms with Crippen molar-refractivity contribution in [2.75, 3.05) is 6.26 Å². The van der Waals surface area contributed by atoms with E-state index in [1.54, 1.807) is 6.26 Å². The number of carbonyl (C=O) groups excluding carboxylic acids is 1. The molecule has 1 aliphatic rings. The van der Waals surface area contributed by atoms with Gasteiger partial charge in [0.25, 0.3) is 5.91 Å². The highest BCUT2D eigenvalue weighted by Gasteiger charge is 2.46. The van der Waals surface area contributed by atoms with Gasteiger partial charge in [-0.15, -0.1) is 0 Å². The first kappa shape index (κ1) is 19.7. The lowest BCUT2D eigenvalue weighted by Gasteiger charge is -2.33. The Bertz CT molecular complexity index is 804. The molecule has 2 atom stereocenters. The average molecular weight is 401 g/mol. The molecular formula is C18H19F4N3OS. The first-order valence-electron chi connectivity index (χ1n) is 8.56. The number of amides is 1. The smallest absolute Gasteiger partial charge is 0.347 e. The third-order valence-corrected chi connectivity index (χ3v) is 5.39. The number of hydrogen-bond donors (Lipinski definition) is 1. The lowest BCUT2D eigenvalue weighted by molar-refractivity contribution is -0.187. The van der Waals surface area contributed by atoms with Crippen molar-refractivity contribution in [3.63, 3.8) is 0 Å². The summed E-state index contributed by atoms with van der Waals surface area (Å²) in [5.41, 5.74) is 0.636. The van der Waals surface area contributed by atoms with Crippen molar-refractivity contribution >= 4 is 17.7 Å². The summed E-state index contributed by atoms with van der Waals surface area (Å²) in [6, 6.07) is 4.53. The van der Waals surface area contributed by atoms with E-state index in [2.05, 4.69) is 10.3 Å². The predicted octanol–water partition coefficient (Wildman–Crippen LogP) is 4.58. The fraction of sp³-hybridized carbons (Fsp3) is 0.444. The van der Waals surface area contributed by atoms with Crippen LogP contribution in [0.3, 0.4) is 0 Å². The molecule has 1 aromatic heterocycles. The minimum absolute atomic E-state index is 0.0156. The highest BCUT2D eigenvalue weighted by Crippen LogP contribution is 2.38. The average Bonchev–Trinajstić information content (AvgIpc) is 3.06. The molecule has 0 spiro atoms. The fourth-order valence-corrected chi connectivity index (χ4v) is 3.96. The molecule has 1 heterocycles. The van der Waals surface area contributed by atoms with Gasteiger partial charge in [-0.25, -0.2) is 9.37 Å². The molecule has 1 fully saturated rings. The van der Waals surface area contributed by atoms with Crippen LogP contribution >= 0.6 is 11.8 Å². The van der Waals surface area contributed by atoms with Gasteiger partial charge in [-0.1, -0.05) is 24.6 Å². The summed E-state index contributed by atoms with van der Waals surface area (Å²) in [4.78, 5) is 16.9. The Labute approximate surface area is 158 Å². The van der Waals surface area contributed by atoms with Gasteiger partial charge in [0.2, 0.25) is 0 Å². The number of aromatic nitrogens is 2. The summed E-state index contributed by atoms with van der Waals surface area (Å²) in [5.74, 6) is -2.59. The van der Waals surface area contributed by atoms with Crippen LogP contribution in [0.5, 0.6) is 0 Å². The van der Waals surface area contributed by atoms with Gasteiger partial charge >= 0.3 is 6.18 Å². The first-order valence-corrected chi connectivity index (χ1v) is 9.79. The number of thioether (sulfide) groups is 1. The molecular weight excluding hydrogens is 382 g/mol. The van der Waals surface area contributed by atoms with E-state index >= 15 is 0 Å². The standard InChI is InChI=1S/C18H19F4N3OS/c1-27-17-23-10-15(25(17)12-8-6-11(19)7-9-12)16(26)24-14-5-3-2-4-13(14)18(20,21)22/h6-10,13-14H,2-5H2,1H3,(H,24,26). The molecule has 0 aliphatic heterocycles. The molecule has 9 heteroatoms. The quantitative estimate of drug-likeness (QED) is 0.602. The second-order valence-electron chi connectivity index (χ2n) is 6.45. The molecule has 1 aromatic carbocycles. The van der Waals surface area contributed by atoms with Crippen LogP contribution in [-0.2, 0) is 0 Å². The van der Waals surface area contributed by atoms with E-state index in [1.807, 2.05) is 0 Å². The van der Waals surface area contributed by atoms with Crippen molar-refractivity contribution in [2.24, 2.45) is 5.92 Å². The van der Waals surface area contributed by atoms with Crippen LogP contribution in [0.2, 0.25) is 0 Å². The highest BCUT2D eigenvalue weighted by atomic mass is 32.2. The minimum atomic E-state index is -4.35. The molecule has 0 saturated heterocycles. The molecule has 4 nitrogen and oxygen atoms in total. The molecule has 27 heavy (non-hydrogen) atoms. The van der Waals surface area contributed by atoms with E-state index in [4.69, 9.17) is 0 Å². The van der Waals surface area contributed by atoms with Crippen molar-refractivity contribution in [1.82, 2.24) is 14.9 Å². The van der Waals surface area contributed by atoms with Crippen LogP contribution in [0.4, 0.5) is 17.6 Å². The van der Waals surface area contributed by atoms with Gasteiger partial charge in [0.05, 0.1) is 12.1 Å². The van der Waals surface area contributed by atoms with Gasteiger partial charge in [-0.2, -0.15) is 13.2 Å². The molecule has 1 N–H and O–H groups in total. The van der Waals surface area contributed by atoms with Crippen LogP contribution < -0.4 is 5.32 Å². The van der Waals surface area contributed by atoms with Crippen LogP contribution in [0.1, 0.15) is 36.2 Å². The monoisotopic (exact) mass is 401 g/mol. The van der Waals surface area contributed by atoms with Crippen molar-refractivity contribution < 1.29 is 22.4 Å². The summed E-state index contributed by atoms with van der Waals surface area (Å²) in [7, 11) is 0. The second-order valence-corrected chi connectivity index (χ2v) is 7.23. The number of imidazole rings is 1. The van der Waals surface area contributed by atoms with Gasteiger partial charge in [-0.3, -0.25) is 9.36 Å². The van der Waals surface area contributed by atoms with Gasteiger partial charge < -0.3 is 5.32 Å². The molecule has 1 saturated carbocycles. The Hall–Kier alpha value is -2.03. The maximum Gasteiger partial charge on any atom is 0.393 e. The molecule has 0 bridgehead atoms. The van der Waals surface area contributed by atoms with Gasteiger partial charge in [0.15, 0.2) is 5.16 Å². The molecule has 2 unspecified atom stereocenters.